The Hall–Kier alpha value is -0.380. The lowest BCUT2D eigenvalue weighted by Crippen LogP contribution is -2.37. The maximum atomic E-state index is 3.71. The Labute approximate surface area is 119 Å². The van der Waals surface area contributed by atoms with Crippen LogP contribution in [0, 0.1) is 0 Å². The van der Waals surface area contributed by atoms with Crippen LogP contribution in [-0.2, 0) is 13.1 Å². The van der Waals surface area contributed by atoms with Crippen LogP contribution >= 0.6 is 15.9 Å². The summed E-state index contributed by atoms with van der Waals surface area (Å²) in [6.45, 7) is 7.89. The van der Waals surface area contributed by atoms with E-state index in [1.54, 1.807) is 0 Å². The standard InChI is InChI=1S/C15H23BrN2/c1-15(2)7-4-8-18(15)11-13-6-5-12(10-17-3)9-14(13)16/h5-6,9,17H,4,7-8,10-11H2,1-3H3. The van der Waals surface area contributed by atoms with Crippen LogP contribution in [0.2, 0.25) is 0 Å². The summed E-state index contributed by atoms with van der Waals surface area (Å²) in [5.41, 5.74) is 3.07. The van der Waals surface area contributed by atoms with Crippen molar-refractivity contribution in [3.8, 4) is 0 Å². The third-order valence-electron chi connectivity index (χ3n) is 3.93. The van der Waals surface area contributed by atoms with Gasteiger partial charge in [-0.1, -0.05) is 28.1 Å². The first-order valence-electron chi connectivity index (χ1n) is 6.70. The molecule has 2 nitrogen and oxygen atoms in total. The van der Waals surface area contributed by atoms with E-state index >= 15 is 0 Å². The summed E-state index contributed by atoms with van der Waals surface area (Å²) in [7, 11) is 1.98. The fourth-order valence-electron chi connectivity index (χ4n) is 2.70. The minimum Gasteiger partial charge on any atom is -0.316 e. The number of hydrogen-bond acceptors (Lipinski definition) is 2. The molecule has 0 aromatic heterocycles. The molecule has 2 rings (SSSR count). The summed E-state index contributed by atoms with van der Waals surface area (Å²) in [6, 6.07) is 6.71. The Kier molecular flexibility index (Phi) is 4.46. The Morgan fingerprint density at radius 2 is 2.17 bits per heavy atom. The van der Waals surface area contributed by atoms with Crippen molar-refractivity contribution >= 4 is 15.9 Å². The third-order valence-corrected chi connectivity index (χ3v) is 4.67. The van der Waals surface area contributed by atoms with Crippen molar-refractivity contribution in [2.24, 2.45) is 0 Å². The van der Waals surface area contributed by atoms with E-state index < -0.39 is 0 Å². The molecular formula is C15H23BrN2. The molecular weight excluding hydrogens is 288 g/mol. The second-order valence-corrected chi connectivity index (χ2v) is 6.65. The summed E-state index contributed by atoms with van der Waals surface area (Å²) in [6.07, 6.45) is 2.63. The molecule has 1 aromatic carbocycles. The van der Waals surface area contributed by atoms with E-state index in [2.05, 4.69) is 58.2 Å². The van der Waals surface area contributed by atoms with E-state index in [1.165, 1.54) is 35.0 Å². The molecule has 1 saturated heterocycles. The van der Waals surface area contributed by atoms with Crippen molar-refractivity contribution < 1.29 is 0 Å². The van der Waals surface area contributed by atoms with Crippen LogP contribution in [-0.4, -0.2) is 24.0 Å². The second kappa shape index (κ2) is 5.72. The van der Waals surface area contributed by atoms with Gasteiger partial charge >= 0.3 is 0 Å². The minimum atomic E-state index is 0.350. The highest BCUT2D eigenvalue weighted by atomic mass is 79.9. The molecule has 1 aromatic rings. The first-order chi connectivity index (χ1) is 8.53. The lowest BCUT2D eigenvalue weighted by molar-refractivity contribution is 0.166. The van der Waals surface area contributed by atoms with Crippen LogP contribution in [0.25, 0.3) is 0 Å². The van der Waals surface area contributed by atoms with Gasteiger partial charge in [-0.15, -0.1) is 0 Å². The molecule has 0 spiro atoms. The number of halogens is 1. The van der Waals surface area contributed by atoms with Crippen LogP contribution in [0.4, 0.5) is 0 Å². The summed E-state index contributed by atoms with van der Waals surface area (Å²) in [5, 5.41) is 3.19. The quantitative estimate of drug-likeness (QED) is 0.915. The highest BCUT2D eigenvalue weighted by Crippen LogP contribution is 2.31. The molecule has 1 aliphatic heterocycles. The van der Waals surface area contributed by atoms with E-state index in [0.29, 0.717) is 5.54 Å². The molecule has 0 amide bonds. The molecule has 1 N–H and O–H groups in total. The van der Waals surface area contributed by atoms with E-state index in [0.717, 1.165) is 13.1 Å². The molecule has 0 radical (unpaired) electrons. The third kappa shape index (κ3) is 3.14. The van der Waals surface area contributed by atoms with Crippen molar-refractivity contribution in [3.63, 3.8) is 0 Å². The van der Waals surface area contributed by atoms with Gasteiger partial charge in [-0.2, -0.15) is 0 Å². The normalized spacial score (nSPS) is 19.3. The Morgan fingerprint density at radius 3 is 2.72 bits per heavy atom. The summed E-state index contributed by atoms with van der Waals surface area (Å²) >= 11 is 3.71. The Balaban J connectivity index is 2.10. The first kappa shape index (κ1) is 14.0. The summed E-state index contributed by atoms with van der Waals surface area (Å²) < 4.78 is 1.23. The predicted octanol–water partition coefficient (Wildman–Crippen LogP) is 3.54. The number of nitrogens with zero attached hydrogens (tertiary/aromatic N) is 1. The molecule has 0 atom stereocenters. The lowest BCUT2D eigenvalue weighted by atomic mass is 10.0. The molecule has 0 saturated carbocycles. The van der Waals surface area contributed by atoms with Gasteiger partial charge in [0, 0.05) is 23.1 Å². The van der Waals surface area contributed by atoms with Crippen molar-refractivity contribution in [1.82, 2.24) is 10.2 Å². The maximum Gasteiger partial charge on any atom is 0.0250 e. The number of likely N-dealkylation sites (tertiary alicyclic amines) is 1. The first-order valence-corrected chi connectivity index (χ1v) is 7.49. The second-order valence-electron chi connectivity index (χ2n) is 5.79. The Morgan fingerprint density at radius 1 is 1.39 bits per heavy atom. The highest BCUT2D eigenvalue weighted by molar-refractivity contribution is 9.10. The summed E-state index contributed by atoms with van der Waals surface area (Å²) in [5.74, 6) is 0. The van der Waals surface area contributed by atoms with Crippen molar-refractivity contribution in [2.45, 2.75) is 45.3 Å². The largest absolute Gasteiger partial charge is 0.316 e. The number of benzene rings is 1. The predicted molar refractivity (Wildman–Crippen MR) is 80.6 cm³/mol. The van der Waals surface area contributed by atoms with Gasteiger partial charge < -0.3 is 5.32 Å². The number of nitrogens with one attached hydrogen (secondary N) is 1. The number of rotatable bonds is 4. The van der Waals surface area contributed by atoms with E-state index in [9.17, 15) is 0 Å². The monoisotopic (exact) mass is 310 g/mol. The molecule has 0 unspecified atom stereocenters. The average molecular weight is 311 g/mol. The molecule has 100 valence electrons. The van der Waals surface area contributed by atoms with Gasteiger partial charge in [-0.05, 0) is 57.5 Å². The highest BCUT2D eigenvalue weighted by Gasteiger charge is 2.31. The van der Waals surface area contributed by atoms with Crippen LogP contribution in [0.5, 0.6) is 0 Å². The van der Waals surface area contributed by atoms with Gasteiger partial charge in [-0.25, -0.2) is 0 Å². The van der Waals surface area contributed by atoms with Crippen molar-refractivity contribution in [3.05, 3.63) is 33.8 Å². The van der Waals surface area contributed by atoms with Gasteiger partial charge in [0.05, 0.1) is 0 Å². The van der Waals surface area contributed by atoms with Gasteiger partial charge in [0.1, 0.15) is 0 Å². The maximum absolute atomic E-state index is 3.71. The molecule has 1 aliphatic rings. The minimum absolute atomic E-state index is 0.350. The Bertz CT molecular complexity index is 415. The van der Waals surface area contributed by atoms with E-state index in [4.69, 9.17) is 0 Å². The van der Waals surface area contributed by atoms with Gasteiger partial charge in [-0.3, -0.25) is 4.90 Å². The SMILES string of the molecule is CNCc1ccc(CN2CCCC2(C)C)c(Br)c1. The van der Waals surface area contributed by atoms with E-state index in [1.807, 2.05) is 7.05 Å². The van der Waals surface area contributed by atoms with Crippen molar-refractivity contribution in [1.29, 1.82) is 0 Å². The molecule has 18 heavy (non-hydrogen) atoms. The van der Waals surface area contributed by atoms with Crippen LogP contribution in [0.3, 0.4) is 0 Å². The molecule has 1 heterocycles. The van der Waals surface area contributed by atoms with Crippen LogP contribution in [0.1, 0.15) is 37.8 Å². The topological polar surface area (TPSA) is 15.3 Å². The van der Waals surface area contributed by atoms with E-state index in [-0.39, 0.29) is 0 Å². The van der Waals surface area contributed by atoms with Crippen molar-refractivity contribution in [2.75, 3.05) is 13.6 Å². The molecule has 0 aliphatic carbocycles. The fourth-order valence-corrected chi connectivity index (χ4v) is 3.25. The molecule has 0 bridgehead atoms. The zero-order valence-electron chi connectivity index (χ0n) is 11.6. The fraction of sp³-hybridized carbons (Fsp3) is 0.600. The van der Waals surface area contributed by atoms with Gasteiger partial charge in [0.15, 0.2) is 0 Å². The molecule has 3 heteroatoms. The van der Waals surface area contributed by atoms with Gasteiger partial charge in [0.2, 0.25) is 0 Å². The average Bonchev–Trinajstić information content (AvgIpc) is 2.62. The zero-order valence-corrected chi connectivity index (χ0v) is 13.2. The zero-order chi connectivity index (χ0) is 13.2. The lowest BCUT2D eigenvalue weighted by Gasteiger charge is -2.31. The van der Waals surface area contributed by atoms with Gasteiger partial charge in [0.25, 0.3) is 0 Å². The summed E-state index contributed by atoms with van der Waals surface area (Å²) in [4.78, 5) is 2.59. The van der Waals surface area contributed by atoms with Crippen LogP contribution < -0.4 is 5.32 Å². The smallest absolute Gasteiger partial charge is 0.0250 e. The molecule has 1 fully saturated rings. The van der Waals surface area contributed by atoms with Crippen LogP contribution in [0.15, 0.2) is 22.7 Å². The number of hydrogen-bond donors (Lipinski definition) is 1.